The Morgan fingerprint density at radius 2 is 1.89 bits per heavy atom. The predicted octanol–water partition coefficient (Wildman–Crippen LogP) is 3.15. The molecule has 0 bridgehead atoms. The van der Waals surface area contributed by atoms with Gasteiger partial charge in [0.15, 0.2) is 0 Å². The highest BCUT2D eigenvalue weighted by molar-refractivity contribution is 6.80. The Labute approximate surface area is 112 Å². The van der Waals surface area contributed by atoms with Crippen LogP contribution in [0.2, 0.25) is 19.6 Å². The molecule has 0 rings (SSSR count). The molecular formula is C14H28O3Si. The molecule has 18 heavy (non-hydrogen) atoms. The van der Waals surface area contributed by atoms with Gasteiger partial charge in [-0.25, -0.2) is 0 Å². The zero-order chi connectivity index (χ0) is 14.4. The smallest absolute Gasteiger partial charge is 0.311 e. The lowest BCUT2D eigenvalue weighted by atomic mass is 9.97. The fraction of sp³-hybridized carbons (Fsp3) is 0.786. The Kier molecular flexibility index (Phi) is 6.85. The Hall–Kier alpha value is -0.613. The summed E-state index contributed by atoms with van der Waals surface area (Å²) in [5, 5.41) is 9.73. The lowest BCUT2D eigenvalue weighted by Gasteiger charge is -2.16. The molecule has 0 unspecified atom stereocenters. The van der Waals surface area contributed by atoms with Gasteiger partial charge in [-0.05, 0) is 33.6 Å². The molecule has 3 nitrogen and oxygen atoms in total. The quantitative estimate of drug-likeness (QED) is 0.459. The second kappa shape index (κ2) is 7.09. The molecule has 0 spiro atoms. The van der Waals surface area contributed by atoms with Gasteiger partial charge in [-0.1, -0.05) is 31.4 Å². The summed E-state index contributed by atoms with van der Waals surface area (Å²) in [6, 6.07) is 0. The van der Waals surface area contributed by atoms with Crippen molar-refractivity contribution in [2.75, 3.05) is 6.61 Å². The number of hydrogen-bond acceptors (Lipinski definition) is 3. The molecule has 0 saturated carbocycles. The summed E-state index contributed by atoms with van der Waals surface area (Å²) in [5.74, 6) is -0.186. The molecule has 0 aliphatic carbocycles. The van der Waals surface area contributed by atoms with Gasteiger partial charge in [-0.15, -0.1) is 0 Å². The van der Waals surface area contributed by atoms with E-state index in [2.05, 4.69) is 25.3 Å². The number of aliphatic hydroxyl groups excluding tert-OH is 1. The van der Waals surface area contributed by atoms with E-state index in [4.69, 9.17) is 4.74 Å². The summed E-state index contributed by atoms with van der Waals surface area (Å²) in [6.45, 7) is 12.6. The summed E-state index contributed by atoms with van der Waals surface area (Å²) in [5.41, 5.74) is 1.69. The van der Waals surface area contributed by atoms with Crippen molar-refractivity contribution in [1.29, 1.82) is 0 Å². The van der Waals surface area contributed by atoms with E-state index in [1.807, 2.05) is 26.8 Å². The number of carbonyl (C=O) groups excluding carboxylic acids is 1. The van der Waals surface area contributed by atoms with Gasteiger partial charge in [-0.2, -0.15) is 0 Å². The lowest BCUT2D eigenvalue weighted by Crippen LogP contribution is -2.23. The molecule has 0 radical (unpaired) electrons. The minimum Gasteiger partial charge on any atom is -0.465 e. The van der Waals surface area contributed by atoms with Crippen LogP contribution in [0, 0.1) is 5.41 Å². The van der Waals surface area contributed by atoms with Crippen LogP contribution in [-0.4, -0.2) is 31.9 Å². The van der Waals surface area contributed by atoms with Gasteiger partial charge < -0.3 is 9.84 Å². The third kappa shape index (κ3) is 9.42. The molecule has 1 atom stereocenters. The molecule has 0 aliphatic rings. The third-order valence-electron chi connectivity index (χ3n) is 2.31. The lowest BCUT2D eigenvalue weighted by molar-refractivity contribution is -0.153. The molecule has 0 heterocycles. The summed E-state index contributed by atoms with van der Waals surface area (Å²) >= 11 is 0. The number of carbonyl (C=O) groups is 1. The van der Waals surface area contributed by atoms with Gasteiger partial charge in [0.05, 0.1) is 26.2 Å². The Morgan fingerprint density at radius 3 is 2.33 bits per heavy atom. The van der Waals surface area contributed by atoms with Crippen molar-refractivity contribution >= 4 is 14.0 Å². The van der Waals surface area contributed by atoms with Crippen molar-refractivity contribution in [3.8, 4) is 0 Å². The van der Waals surface area contributed by atoms with Crippen molar-refractivity contribution in [3.63, 3.8) is 0 Å². The maximum Gasteiger partial charge on any atom is 0.311 e. The molecule has 0 aromatic carbocycles. The van der Waals surface area contributed by atoms with Crippen LogP contribution < -0.4 is 0 Å². The van der Waals surface area contributed by atoms with Crippen LogP contribution in [-0.2, 0) is 9.53 Å². The van der Waals surface area contributed by atoms with Gasteiger partial charge >= 0.3 is 5.97 Å². The zero-order valence-corrected chi connectivity index (χ0v) is 13.6. The first kappa shape index (κ1) is 17.4. The van der Waals surface area contributed by atoms with Crippen molar-refractivity contribution in [3.05, 3.63) is 11.8 Å². The van der Waals surface area contributed by atoms with E-state index in [0.717, 1.165) is 0 Å². The van der Waals surface area contributed by atoms with Crippen LogP contribution in [0.15, 0.2) is 11.8 Å². The normalized spacial score (nSPS) is 14.8. The topological polar surface area (TPSA) is 46.5 Å². The van der Waals surface area contributed by atoms with Gasteiger partial charge in [0.2, 0.25) is 0 Å². The molecule has 0 aromatic rings. The first-order valence-corrected chi connectivity index (χ1v) is 10.1. The molecule has 0 fully saturated rings. The first-order chi connectivity index (χ1) is 8.02. The average Bonchev–Trinajstić information content (AvgIpc) is 2.18. The zero-order valence-electron chi connectivity index (χ0n) is 12.6. The first-order valence-electron chi connectivity index (χ1n) is 6.57. The van der Waals surface area contributed by atoms with Crippen LogP contribution in [0.5, 0.6) is 0 Å². The Balaban J connectivity index is 3.80. The Bertz CT molecular complexity index is 284. The van der Waals surface area contributed by atoms with Crippen molar-refractivity contribution in [2.24, 2.45) is 5.41 Å². The van der Waals surface area contributed by atoms with Crippen LogP contribution in [0.4, 0.5) is 0 Å². The van der Waals surface area contributed by atoms with E-state index < -0.39 is 19.6 Å². The van der Waals surface area contributed by atoms with Crippen molar-refractivity contribution < 1.29 is 14.6 Å². The maximum atomic E-state index is 11.5. The minimum atomic E-state index is -1.24. The number of aliphatic hydroxyl groups is 1. The predicted molar refractivity (Wildman–Crippen MR) is 78.1 cm³/mol. The Morgan fingerprint density at radius 1 is 1.33 bits per heavy atom. The summed E-state index contributed by atoms with van der Waals surface area (Å²) in [4.78, 5) is 11.5. The molecule has 106 valence electrons. The van der Waals surface area contributed by atoms with Crippen LogP contribution >= 0.6 is 0 Å². The summed E-state index contributed by atoms with van der Waals surface area (Å²) < 4.78 is 5.14. The minimum absolute atomic E-state index is 0.186. The van der Waals surface area contributed by atoms with Crippen molar-refractivity contribution in [1.82, 2.24) is 0 Å². The number of hydrogen-bond donors (Lipinski definition) is 1. The van der Waals surface area contributed by atoms with Gasteiger partial charge in [-0.3, -0.25) is 4.79 Å². The summed E-state index contributed by atoms with van der Waals surface area (Å²) in [7, 11) is -1.24. The van der Waals surface area contributed by atoms with E-state index in [0.29, 0.717) is 19.4 Å². The molecule has 1 N–H and O–H groups in total. The van der Waals surface area contributed by atoms with Gasteiger partial charge in [0, 0.05) is 0 Å². The molecule has 0 amide bonds. The molecule has 0 aromatic heterocycles. The highest BCUT2D eigenvalue weighted by Crippen LogP contribution is 2.15. The fourth-order valence-electron chi connectivity index (χ4n) is 1.17. The van der Waals surface area contributed by atoms with Crippen LogP contribution in [0.1, 0.15) is 33.6 Å². The van der Waals surface area contributed by atoms with Gasteiger partial charge in [0.25, 0.3) is 0 Å². The monoisotopic (exact) mass is 272 g/mol. The van der Waals surface area contributed by atoms with E-state index in [1.165, 1.54) is 0 Å². The molecule has 4 heteroatoms. The molecular weight excluding hydrogens is 244 g/mol. The largest absolute Gasteiger partial charge is 0.465 e. The third-order valence-corrected chi connectivity index (χ3v) is 3.50. The highest BCUT2D eigenvalue weighted by Gasteiger charge is 2.22. The SMILES string of the molecule is CC(C)(C)C(=O)OCCC[C@H](O)/C=C/[Si](C)(C)C. The summed E-state index contributed by atoms with van der Waals surface area (Å²) in [6.07, 6.45) is 2.78. The van der Waals surface area contributed by atoms with Crippen LogP contribution in [0.25, 0.3) is 0 Å². The van der Waals surface area contributed by atoms with Crippen LogP contribution in [0.3, 0.4) is 0 Å². The van der Waals surface area contributed by atoms with E-state index in [-0.39, 0.29) is 5.97 Å². The number of ether oxygens (including phenoxy) is 1. The van der Waals surface area contributed by atoms with Crippen molar-refractivity contribution in [2.45, 2.75) is 59.4 Å². The van der Waals surface area contributed by atoms with E-state index >= 15 is 0 Å². The van der Waals surface area contributed by atoms with E-state index in [9.17, 15) is 9.90 Å². The standard InChI is InChI=1S/C14H28O3Si/c1-14(2,3)13(16)17-10-7-8-12(15)9-11-18(4,5)6/h9,11-12,15H,7-8,10H2,1-6H3/b11-9+/t12-/m0/s1. The molecule has 0 saturated heterocycles. The fourth-order valence-corrected chi connectivity index (χ4v) is 1.97. The van der Waals surface area contributed by atoms with E-state index in [1.54, 1.807) is 0 Å². The second-order valence-corrected chi connectivity index (χ2v) is 11.9. The number of rotatable bonds is 6. The second-order valence-electron chi connectivity index (χ2n) is 6.82. The molecule has 0 aliphatic heterocycles. The average molecular weight is 272 g/mol. The maximum absolute atomic E-state index is 11.5. The van der Waals surface area contributed by atoms with Gasteiger partial charge in [0.1, 0.15) is 0 Å². The number of esters is 1. The highest BCUT2D eigenvalue weighted by atomic mass is 28.3.